The fourth-order valence-electron chi connectivity index (χ4n) is 1.22. The maximum atomic E-state index is 11.2. The highest BCUT2D eigenvalue weighted by Crippen LogP contribution is 2.13. The van der Waals surface area contributed by atoms with Crippen molar-refractivity contribution in [3.63, 3.8) is 0 Å². The van der Waals surface area contributed by atoms with Gasteiger partial charge in [0, 0.05) is 14.2 Å². The van der Waals surface area contributed by atoms with Crippen LogP contribution in [0.1, 0.15) is 13.8 Å². The maximum absolute atomic E-state index is 11.2. The van der Waals surface area contributed by atoms with Crippen LogP contribution in [0.15, 0.2) is 0 Å². The molecule has 0 aliphatic heterocycles. The van der Waals surface area contributed by atoms with E-state index in [0.29, 0.717) is 6.54 Å². The van der Waals surface area contributed by atoms with Gasteiger partial charge in [0.1, 0.15) is 5.54 Å². The van der Waals surface area contributed by atoms with E-state index in [9.17, 15) is 4.79 Å². The average Bonchev–Trinajstić information content (AvgIpc) is 2.06. The molecule has 78 valence electrons. The summed E-state index contributed by atoms with van der Waals surface area (Å²) in [5.74, 6) is -0.497. The highest BCUT2D eigenvalue weighted by molar-refractivity contribution is 5.84. The zero-order chi connectivity index (χ0) is 10.5. The second-order valence-electron chi connectivity index (χ2n) is 2.90. The number of hydrogen-bond acceptors (Lipinski definition) is 4. The SMILES string of the molecule is CCNC(C)(C(N)=O)C(OC)OC. The van der Waals surface area contributed by atoms with Gasteiger partial charge in [0.15, 0.2) is 6.29 Å². The predicted molar refractivity (Wildman–Crippen MR) is 49.1 cm³/mol. The van der Waals surface area contributed by atoms with Crippen molar-refractivity contribution in [2.45, 2.75) is 25.7 Å². The van der Waals surface area contributed by atoms with Crippen LogP contribution < -0.4 is 11.1 Å². The number of hydrogen-bond donors (Lipinski definition) is 2. The van der Waals surface area contributed by atoms with Gasteiger partial charge in [-0.15, -0.1) is 0 Å². The van der Waals surface area contributed by atoms with E-state index in [4.69, 9.17) is 15.2 Å². The highest BCUT2D eigenvalue weighted by Gasteiger charge is 2.39. The van der Waals surface area contributed by atoms with Crippen LogP contribution in [0, 0.1) is 0 Å². The Kier molecular flexibility index (Phi) is 4.90. The first kappa shape index (κ1) is 12.3. The molecule has 0 aromatic rings. The molecule has 0 spiro atoms. The Bertz CT molecular complexity index is 171. The molecule has 0 heterocycles. The largest absolute Gasteiger partial charge is 0.368 e. The summed E-state index contributed by atoms with van der Waals surface area (Å²) in [6, 6.07) is 0. The number of methoxy groups -OCH3 is 2. The summed E-state index contributed by atoms with van der Waals surface area (Å²) in [5.41, 5.74) is 4.26. The van der Waals surface area contributed by atoms with Crippen molar-refractivity contribution in [2.75, 3.05) is 20.8 Å². The topological polar surface area (TPSA) is 73.6 Å². The molecular formula is C8H18N2O3. The molecule has 0 saturated heterocycles. The van der Waals surface area contributed by atoms with Gasteiger partial charge in [-0.25, -0.2) is 0 Å². The van der Waals surface area contributed by atoms with Gasteiger partial charge >= 0.3 is 0 Å². The fourth-order valence-corrected chi connectivity index (χ4v) is 1.22. The lowest BCUT2D eigenvalue weighted by molar-refractivity contribution is -0.165. The van der Waals surface area contributed by atoms with Gasteiger partial charge < -0.3 is 15.2 Å². The Labute approximate surface area is 78.6 Å². The molecule has 5 heteroatoms. The summed E-state index contributed by atoms with van der Waals surface area (Å²) in [7, 11) is 2.93. The highest BCUT2D eigenvalue weighted by atomic mass is 16.7. The summed E-state index contributed by atoms with van der Waals surface area (Å²) < 4.78 is 9.99. The molecule has 1 unspecified atom stereocenters. The molecule has 0 rings (SSSR count). The minimum atomic E-state index is -0.988. The lowest BCUT2D eigenvalue weighted by atomic mass is 10.0. The molecule has 0 aromatic heterocycles. The smallest absolute Gasteiger partial charge is 0.242 e. The number of carbonyl (C=O) groups excluding carboxylic acids is 1. The lowest BCUT2D eigenvalue weighted by Gasteiger charge is -2.33. The molecule has 0 radical (unpaired) electrons. The van der Waals surface area contributed by atoms with E-state index in [1.54, 1.807) is 6.92 Å². The summed E-state index contributed by atoms with van der Waals surface area (Å²) in [6.45, 7) is 4.14. The molecule has 1 atom stereocenters. The molecule has 5 nitrogen and oxygen atoms in total. The van der Waals surface area contributed by atoms with Gasteiger partial charge in [-0.2, -0.15) is 0 Å². The van der Waals surface area contributed by atoms with E-state index >= 15 is 0 Å². The lowest BCUT2D eigenvalue weighted by Crippen LogP contribution is -2.61. The fraction of sp³-hybridized carbons (Fsp3) is 0.875. The van der Waals surface area contributed by atoms with Gasteiger partial charge in [-0.3, -0.25) is 10.1 Å². The molecule has 0 bridgehead atoms. The van der Waals surface area contributed by atoms with Crippen LogP contribution in [0.5, 0.6) is 0 Å². The van der Waals surface area contributed by atoms with Gasteiger partial charge in [0.05, 0.1) is 0 Å². The van der Waals surface area contributed by atoms with Gasteiger partial charge in [-0.1, -0.05) is 6.92 Å². The molecule has 0 saturated carbocycles. The van der Waals surface area contributed by atoms with Crippen molar-refractivity contribution in [1.82, 2.24) is 5.32 Å². The third kappa shape index (κ3) is 2.65. The van der Waals surface area contributed by atoms with Crippen LogP contribution in [-0.2, 0) is 14.3 Å². The van der Waals surface area contributed by atoms with Gasteiger partial charge in [-0.05, 0) is 13.5 Å². The molecular weight excluding hydrogens is 172 g/mol. The molecule has 0 aliphatic rings. The van der Waals surface area contributed by atoms with Gasteiger partial charge in [0.2, 0.25) is 5.91 Å². The molecule has 3 N–H and O–H groups in total. The number of nitrogens with one attached hydrogen (secondary N) is 1. The van der Waals surface area contributed by atoms with E-state index in [1.807, 2.05) is 6.92 Å². The van der Waals surface area contributed by atoms with Crippen LogP contribution >= 0.6 is 0 Å². The van der Waals surface area contributed by atoms with Crippen molar-refractivity contribution in [2.24, 2.45) is 5.73 Å². The standard InChI is InChI=1S/C8H18N2O3/c1-5-10-8(2,6(9)11)7(12-3)13-4/h7,10H,5H2,1-4H3,(H2,9,11). The summed E-state index contributed by atoms with van der Waals surface area (Å²) >= 11 is 0. The maximum Gasteiger partial charge on any atom is 0.242 e. The van der Waals surface area contributed by atoms with E-state index in [2.05, 4.69) is 5.32 Å². The quantitative estimate of drug-likeness (QED) is 0.552. The molecule has 0 aromatic carbocycles. The van der Waals surface area contributed by atoms with E-state index in [0.717, 1.165) is 0 Å². The number of amides is 1. The van der Waals surface area contributed by atoms with Crippen molar-refractivity contribution < 1.29 is 14.3 Å². The molecule has 0 fully saturated rings. The third-order valence-corrected chi connectivity index (χ3v) is 1.96. The van der Waals surface area contributed by atoms with Crippen LogP contribution in [0.4, 0.5) is 0 Å². The first-order valence-electron chi connectivity index (χ1n) is 4.13. The van der Waals surface area contributed by atoms with Crippen molar-refractivity contribution in [1.29, 1.82) is 0 Å². The number of rotatable bonds is 6. The third-order valence-electron chi connectivity index (χ3n) is 1.96. The first-order chi connectivity index (χ1) is 6.02. The Balaban J connectivity index is 4.64. The Morgan fingerprint density at radius 1 is 1.54 bits per heavy atom. The van der Waals surface area contributed by atoms with Crippen molar-refractivity contribution in [3.05, 3.63) is 0 Å². The van der Waals surface area contributed by atoms with Crippen molar-refractivity contribution >= 4 is 5.91 Å². The number of carbonyl (C=O) groups is 1. The number of likely N-dealkylation sites (N-methyl/N-ethyl adjacent to an activating group) is 1. The monoisotopic (exact) mass is 190 g/mol. The van der Waals surface area contributed by atoms with Crippen LogP contribution in [0.25, 0.3) is 0 Å². The Hall–Kier alpha value is -0.650. The molecule has 0 aliphatic carbocycles. The van der Waals surface area contributed by atoms with E-state index in [1.165, 1.54) is 14.2 Å². The van der Waals surface area contributed by atoms with E-state index < -0.39 is 17.7 Å². The normalized spacial score (nSPS) is 15.8. The van der Waals surface area contributed by atoms with Crippen LogP contribution in [-0.4, -0.2) is 38.5 Å². The van der Waals surface area contributed by atoms with Gasteiger partial charge in [0.25, 0.3) is 0 Å². The second kappa shape index (κ2) is 5.16. The Morgan fingerprint density at radius 3 is 2.23 bits per heavy atom. The second-order valence-corrected chi connectivity index (χ2v) is 2.90. The summed E-state index contributed by atoms with van der Waals surface area (Å²) in [4.78, 5) is 11.2. The molecule has 13 heavy (non-hydrogen) atoms. The summed E-state index contributed by atoms with van der Waals surface area (Å²) in [6.07, 6.45) is -0.676. The Morgan fingerprint density at radius 2 is 2.00 bits per heavy atom. The summed E-state index contributed by atoms with van der Waals surface area (Å²) in [5, 5.41) is 2.94. The predicted octanol–water partition coefficient (Wildman–Crippen LogP) is -0.541. The minimum Gasteiger partial charge on any atom is -0.368 e. The number of primary amides is 1. The van der Waals surface area contributed by atoms with Crippen LogP contribution in [0.2, 0.25) is 0 Å². The van der Waals surface area contributed by atoms with Crippen LogP contribution in [0.3, 0.4) is 0 Å². The van der Waals surface area contributed by atoms with Crippen molar-refractivity contribution in [3.8, 4) is 0 Å². The zero-order valence-electron chi connectivity index (χ0n) is 8.59. The van der Waals surface area contributed by atoms with E-state index in [-0.39, 0.29) is 0 Å². The first-order valence-corrected chi connectivity index (χ1v) is 4.13. The average molecular weight is 190 g/mol. The molecule has 1 amide bonds. The zero-order valence-corrected chi connectivity index (χ0v) is 8.59. The number of nitrogens with two attached hydrogens (primary N) is 1. The minimum absolute atomic E-state index is 0.497. The number of ether oxygens (including phenoxy) is 2.